The van der Waals surface area contributed by atoms with Gasteiger partial charge in [-0.15, -0.1) is 0 Å². The Labute approximate surface area is 158 Å². The summed E-state index contributed by atoms with van der Waals surface area (Å²) in [6.07, 6.45) is 1.74. The van der Waals surface area contributed by atoms with Gasteiger partial charge in [0.05, 0.1) is 10.5 Å². The molecule has 3 rings (SSSR count). The molecule has 146 valence electrons. The summed E-state index contributed by atoms with van der Waals surface area (Å²) in [5.74, 6) is 0.155. The van der Waals surface area contributed by atoms with Crippen LogP contribution in [0.5, 0.6) is 0 Å². The summed E-state index contributed by atoms with van der Waals surface area (Å²) in [6, 6.07) is 5.74. The van der Waals surface area contributed by atoms with Gasteiger partial charge in [0.1, 0.15) is 0 Å². The maximum absolute atomic E-state index is 12.5. The molecule has 1 saturated heterocycles. The molecule has 0 bridgehead atoms. The molecular weight excluding hydrogens is 370 g/mol. The predicted octanol–water partition coefficient (Wildman–Crippen LogP) is 2.51. The van der Waals surface area contributed by atoms with E-state index in [1.54, 1.807) is 0 Å². The molecule has 1 aliphatic rings. The zero-order chi connectivity index (χ0) is 19.7. The summed E-state index contributed by atoms with van der Waals surface area (Å²) in [7, 11) is -3.50. The van der Waals surface area contributed by atoms with E-state index in [4.69, 9.17) is 9.26 Å². The highest BCUT2D eigenvalue weighted by molar-refractivity contribution is 7.89. The number of sulfonamides is 1. The predicted molar refractivity (Wildman–Crippen MR) is 96.6 cm³/mol. The Kier molecular flexibility index (Phi) is 5.34. The number of hydrogen-bond donors (Lipinski definition) is 0. The van der Waals surface area contributed by atoms with Crippen LogP contribution in [-0.2, 0) is 26.8 Å². The summed E-state index contributed by atoms with van der Waals surface area (Å²) in [6.45, 7) is 6.78. The number of benzene rings is 1. The van der Waals surface area contributed by atoms with Gasteiger partial charge in [0.25, 0.3) is 5.89 Å². The normalized spacial score (nSPS) is 15.8. The molecule has 27 heavy (non-hydrogen) atoms. The van der Waals surface area contributed by atoms with Gasteiger partial charge in [-0.05, 0) is 37.1 Å². The van der Waals surface area contributed by atoms with E-state index in [0.29, 0.717) is 18.9 Å². The van der Waals surface area contributed by atoms with Gasteiger partial charge in [-0.25, -0.2) is 13.2 Å². The van der Waals surface area contributed by atoms with Crippen LogP contribution in [0.1, 0.15) is 55.7 Å². The number of hydrogen-bond acceptors (Lipinski definition) is 7. The molecule has 0 saturated carbocycles. The van der Waals surface area contributed by atoms with E-state index in [1.165, 1.54) is 28.6 Å². The first-order valence-corrected chi connectivity index (χ1v) is 10.2. The zero-order valence-electron chi connectivity index (χ0n) is 15.6. The molecule has 9 heteroatoms. The van der Waals surface area contributed by atoms with Crippen molar-refractivity contribution in [2.45, 2.75) is 50.5 Å². The van der Waals surface area contributed by atoms with Crippen LogP contribution in [0.15, 0.2) is 33.7 Å². The molecule has 0 radical (unpaired) electrons. The molecule has 0 amide bonds. The highest BCUT2D eigenvalue weighted by Gasteiger charge is 2.27. The Morgan fingerprint density at radius 2 is 1.81 bits per heavy atom. The fourth-order valence-electron chi connectivity index (χ4n) is 2.67. The van der Waals surface area contributed by atoms with Crippen LogP contribution in [0.3, 0.4) is 0 Å². The molecule has 2 heterocycles. The largest absolute Gasteiger partial charge is 0.452 e. The van der Waals surface area contributed by atoms with E-state index in [1.807, 2.05) is 20.8 Å². The summed E-state index contributed by atoms with van der Waals surface area (Å²) in [5.41, 5.74) is -0.00599. The lowest BCUT2D eigenvalue weighted by molar-refractivity contribution is 0.0429. The number of rotatable bonds is 5. The second-order valence-electron chi connectivity index (χ2n) is 7.47. The van der Waals surface area contributed by atoms with Crippen molar-refractivity contribution in [3.05, 3.63) is 41.5 Å². The highest BCUT2D eigenvalue weighted by atomic mass is 32.2. The van der Waals surface area contributed by atoms with Crippen molar-refractivity contribution in [1.29, 1.82) is 0 Å². The molecule has 0 aliphatic carbocycles. The Hall–Kier alpha value is -2.26. The van der Waals surface area contributed by atoms with Crippen molar-refractivity contribution < 1.29 is 22.5 Å². The second-order valence-corrected chi connectivity index (χ2v) is 9.41. The SMILES string of the molecule is CC(C)(C)c1noc(COC(=O)c2ccc(S(=O)(=O)N3CCCC3)cc2)n1. The number of nitrogens with zero attached hydrogens (tertiary/aromatic N) is 3. The molecule has 1 aromatic heterocycles. The van der Waals surface area contributed by atoms with Crippen LogP contribution in [0.25, 0.3) is 0 Å². The third-order valence-electron chi connectivity index (χ3n) is 4.26. The third-order valence-corrected chi connectivity index (χ3v) is 6.17. The van der Waals surface area contributed by atoms with E-state index in [-0.39, 0.29) is 28.4 Å². The smallest absolute Gasteiger partial charge is 0.338 e. The Morgan fingerprint density at radius 3 is 2.37 bits per heavy atom. The topological polar surface area (TPSA) is 103 Å². The fourth-order valence-corrected chi connectivity index (χ4v) is 4.19. The maximum atomic E-state index is 12.5. The minimum atomic E-state index is -3.50. The van der Waals surface area contributed by atoms with Gasteiger partial charge >= 0.3 is 5.97 Å². The second kappa shape index (κ2) is 7.40. The average Bonchev–Trinajstić information content (AvgIpc) is 3.31. The molecule has 1 aromatic carbocycles. The van der Waals surface area contributed by atoms with Crippen molar-refractivity contribution in [1.82, 2.24) is 14.4 Å². The molecule has 1 aliphatic heterocycles. The van der Waals surface area contributed by atoms with Crippen molar-refractivity contribution in [2.24, 2.45) is 0 Å². The standard InChI is InChI=1S/C18H23N3O5S/c1-18(2,3)17-19-15(26-20-17)12-25-16(22)13-6-8-14(9-7-13)27(23,24)21-10-4-5-11-21/h6-9H,4-5,10-12H2,1-3H3. The van der Waals surface area contributed by atoms with Gasteiger partial charge < -0.3 is 9.26 Å². The van der Waals surface area contributed by atoms with Crippen molar-refractivity contribution in [3.8, 4) is 0 Å². The maximum Gasteiger partial charge on any atom is 0.338 e. The first-order chi connectivity index (χ1) is 12.7. The van der Waals surface area contributed by atoms with Gasteiger partial charge in [-0.3, -0.25) is 0 Å². The zero-order valence-corrected chi connectivity index (χ0v) is 16.5. The summed E-state index contributed by atoms with van der Waals surface area (Å²) in [4.78, 5) is 16.5. The van der Waals surface area contributed by atoms with Crippen LogP contribution in [0.2, 0.25) is 0 Å². The number of ether oxygens (including phenoxy) is 1. The molecule has 2 aromatic rings. The molecule has 0 atom stereocenters. The molecular formula is C18H23N3O5S. The number of carbonyl (C=O) groups excluding carboxylic acids is 1. The monoisotopic (exact) mass is 393 g/mol. The van der Waals surface area contributed by atoms with Gasteiger partial charge in [-0.2, -0.15) is 9.29 Å². The quantitative estimate of drug-likeness (QED) is 0.719. The van der Waals surface area contributed by atoms with Gasteiger partial charge in [0.15, 0.2) is 12.4 Å². The van der Waals surface area contributed by atoms with Crippen LogP contribution in [0.4, 0.5) is 0 Å². The first-order valence-electron chi connectivity index (χ1n) is 8.78. The molecule has 0 N–H and O–H groups in total. The molecule has 0 unspecified atom stereocenters. The van der Waals surface area contributed by atoms with Crippen molar-refractivity contribution in [2.75, 3.05) is 13.1 Å². The number of aromatic nitrogens is 2. The van der Waals surface area contributed by atoms with Crippen molar-refractivity contribution in [3.63, 3.8) is 0 Å². The van der Waals surface area contributed by atoms with Gasteiger partial charge in [0, 0.05) is 18.5 Å². The fraction of sp³-hybridized carbons (Fsp3) is 0.500. The molecule has 8 nitrogen and oxygen atoms in total. The molecule has 1 fully saturated rings. The summed E-state index contributed by atoms with van der Waals surface area (Å²) < 4.78 is 36.7. The first kappa shape index (κ1) is 19.5. The van der Waals surface area contributed by atoms with Crippen LogP contribution in [0, 0.1) is 0 Å². The highest BCUT2D eigenvalue weighted by Crippen LogP contribution is 2.22. The Morgan fingerprint density at radius 1 is 1.19 bits per heavy atom. The lowest BCUT2D eigenvalue weighted by Crippen LogP contribution is -2.27. The van der Waals surface area contributed by atoms with Crippen LogP contribution >= 0.6 is 0 Å². The van der Waals surface area contributed by atoms with E-state index in [0.717, 1.165) is 12.8 Å². The van der Waals surface area contributed by atoms with E-state index >= 15 is 0 Å². The van der Waals surface area contributed by atoms with Gasteiger partial charge in [0.2, 0.25) is 10.0 Å². The number of esters is 1. The molecule has 0 spiro atoms. The summed E-state index contributed by atoms with van der Waals surface area (Å²) >= 11 is 0. The average molecular weight is 393 g/mol. The minimum Gasteiger partial charge on any atom is -0.452 e. The van der Waals surface area contributed by atoms with Crippen LogP contribution in [-0.4, -0.2) is 41.9 Å². The minimum absolute atomic E-state index is 0.143. The van der Waals surface area contributed by atoms with Crippen molar-refractivity contribution >= 4 is 16.0 Å². The van der Waals surface area contributed by atoms with E-state index in [2.05, 4.69) is 10.1 Å². The van der Waals surface area contributed by atoms with E-state index in [9.17, 15) is 13.2 Å². The third kappa shape index (κ3) is 4.36. The Bertz CT molecular complexity index is 907. The lowest BCUT2D eigenvalue weighted by atomic mass is 9.96. The Balaban J connectivity index is 1.63. The number of carbonyl (C=O) groups is 1. The van der Waals surface area contributed by atoms with Crippen LogP contribution < -0.4 is 0 Å². The van der Waals surface area contributed by atoms with E-state index < -0.39 is 16.0 Å². The van der Waals surface area contributed by atoms with Gasteiger partial charge in [-0.1, -0.05) is 25.9 Å². The lowest BCUT2D eigenvalue weighted by Gasteiger charge is -2.15. The summed E-state index contributed by atoms with van der Waals surface area (Å²) in [5, 5.41) is 3.87.